The number of halogens is 1. The number of carbonyl (C=O) groups is 1. The smallest absolute Gasteiger partial charge is 0.255 e. The maximum atomic E-state index is 12.7. The zero-order valence-corrected chi connectivity index (χ0v) is 15.4. The van der Waals surface area contributed by atoms with Crippen molar-refractivity contribution in [2.45, 2.75) is 32.8 Å². The number of benzene rings is 1. The van der Waals surface area contributed by atoms with Crippen LogP contribution in [-0.4, -0.2) is 40.0 Å². The van der Waals surface area contributed by atoms with Crippen LogP contribution in [0.15, 0.2) is 34.8 Å². The molecule has 6 heteroatoms. The van der Waals surface area contributed by atoms with E-state index in [1.807, 2.05) is 49.1 Å². The number of aromatic nitrogens is 2. The molecule has 1 aromatic carbocycles. The topological polar surface area (TPSA) is 55.3 Å². The van der Waals surface area contributed by atoms with Gasteiger partial charge in [0.05, 0.1) is 12.1 Å². The van der Waals surface area contributed by atoms with E-state index >= 15 is 0 Å². The van der Waals surface area contributed by atoms with E-state index in [9.17, 15) is 4.79 Å². The molecule has 0 N–H and O–H groups in total. The monoisotopic (exact) mass is 389 g/mol. The second kappa shape index (κ2) is 7.30. The van der Waals surface area contributed by atoms with Gasteiger partial charge in [-0.2, -0.15) is 4.98 Å². The van der Waals surface area contributed by atoms with Gasteiger partial charge in [-0.25, -0.2) is 4.98 Å². The van der Waals surface area contributed by atoms with E-state index in [0.29, 0.717) is 23.8 Å². The van der Waals surface area contributed by atoms with E-state index < -0.39 is 0 Å². The van der Waals surface area contributed by atoms with Crippen LogP contribution in [0.25, 0.3) is 0 Å². The average molecular weight is 390 g/mol. The molecule has 1 aromatic heterocycles. The third-order valence-electron chi connectivity index (χ3n) is 4.00. The number of amides is 1. The van der Waals surface area contributed by atoms with Crippen molar-refractivity contribution in [1.29, 1.82) is 0 Å². The van der Waals surface area contributed by atoms with Crippen LogP contribution in [0.5, 0.6) is 5.88 Å². The fourth-order valence-electron chi connectivity index (χ4n) is 2.94. The fraction of sp³-hybridized carbons (Fsp3) is 0.389. The van der Waals surface area contributed by atoms with Gasteiger partial charge in [0.2, 0.25) is 5.88 Å². The Balaban J connectivity index is 1.70. The third kappa shape index (κ3) is 3.93. The molecule has 126 valence electrons. The van der Waals surface area contributed by atoms with Crippen molar-refractivity contribution in [1.82, 2.24) is 14.9 Å². The first-order valence-corrected chi connectivity index (χ1v) is 8.85. The normalized spacial score (nSPS) is 17.6. The van der Waals surface area contributed by atoms with Gasteiger partial charge in [-0.05, 0) is 54.8 Å². The van der Waals surface area contributed by atoms with Gasteiger partial charge >= 0.3 is 0 Å². The highest BCUT2D eigenvalue weighted by molar-refractivity contribution is 9.10. The minimum absolute atomic E-state index is 0.0332. The zero-order chi connectivity index (χ0) is 17.1. The van der Waals surface area contributed by atoms with Crippen LogP contribution in [0.4, 0.5) is 0 Å². The Hall–Kier alpha value is -1.95. The number of piperidine rings is 1. The lowest BCUT2D eigenvalue weighted by atomic mass is 10.1. The van der Waals surface area contributed by atoms with Gasteiger partial charge in [0.25, 0.3) is 5.91 Å². The first kappa shape index (κ1) is 16.9. The molecule has 1 atom stereocenters. The molecule has 5 nitrogen and oxygen atoms in total. The van der Waals surface area contributed by atoms with Crippen LogP contribution in [-0.2, 0) is 0 Å². The van der Waals surface area contributed by atoms with E-state index in [-0.39, 0.29) is 12.0 Å². The Bertz CT molecular complexity index is 731. The van der Waals surface area contributed by atoms with Crippen molar-refractivity contribution in [3.05, 3.63) is 51.9 Å². The van der Waals surface area contributed by atoms with Gasteiger partial charge in [-0.1, -0.05) is 12.1 Å². The van der Waals surface area contributed by atoms with Crippen LogP contribution in [0.1, 0.15) is 34.7 Å². The quantitative estimate of drug-likeness (QED) is 0.805. The first-order chi connectivity index (χ1) is 11.5. The molecule has 0 aliphatic carbocycles. The lowest BCUT2D eigenvalue weighted by Gasteiger charge is -2.33. The Kier molecular flexibility index (Phi) is 5.14. The number of hydrogen-bond donors (Lipinski definition) is 0. The van der Waals surface area contributed by atoms with E-state index in [0.717, 1.165) is 29.6 Å². The van der Waals surface area contributed by atoms with Gasteiger partial charge in [0, 0.05) is 22.8 Å². The average Bonchev–Trinajstić information content (AvgIpc) is 2.54. The summed E-state index contributed by atoms with van der Waals surface area (Å²) < 4.78 is 6.83. The number of hydrogen-bond acceptors (Lipinski definition) is 4. The van der Waals surface area contributed by atoms with Crippen molar-refractivity contribution < 1.29 is 9.53 Å². The molecule has 0 radical (unpaired) electrons. The lowest BCUT2D eigenvalue weighted by Crippen LogP contribution is -2.44. The standard InChI is InChI=1S/C18H20BrN3O2/c1-12-10-17(21-13(2)20-12)24-14-6-5-9-22(11-14)18(23)15-7-3-4-8-16(15)19/h3-4,7-8,10,14H,5-6,9,11H2,1-2H3. The maximum absolute atomic E-state index is 12.7. The highest BCUT2D eigenvalue weighted by Crippen LogP contribution is 2.22. The Labute approximate surface area is 150 Å². The van der Waals surface area contributed by atoms with Gasteiger partial charge < -0.3 is 9.64 Å². The van der Waals surface area contributed by atoms with E-state index in [1.165, 1.54) is 0 Å². The summed E-state index contributed by atoms with van der Waals surface area (Å²) in [4.78, 5) is 23.2. The Morgan fingerprint density at radius 2 is 2.08 bits per heavy atom. The Morgan fingerprint density at radius 1 is 1.29 bits per heavy atom. The predicted molar refractivity (Wildman–Crippen MR) is 95.2 cm³/mol. The highest BCUT2D eigenvalue weighted by Gasteiger charge is 2.26. The SMILES string of the molecule is Cc1cc(OC2CCCN(C(=O)c3ccccc3Br)C2)nc(C)n1. The molecule has 3 rings (SSSR count). The molecular weight excluding hydrogens is 370 g/mol. The number of aryl methyl sites for hydroxylation is 2. The fourth-order valence-corrected chi connectivity index (χ4v) is 3.39. The summed E-state index contributed by atoms with van der Waals surface area (Å²) >= 11 is 3.45. The number of likely N-dealkylation sites (tertiary alicyclic amines) is 1. The molecular formula is C18H20BrN3O2. The van der Waals surface area contributed by atoms with Crippen LogP contribution in [0.3, 0.4) is 0 Å². The second-order valence-corrected chi connectivity index (χ2v) is 6.86. The Morgan fingerprint density at radius 3 is 2.83 bits per heavy atom. The van der Waals surface area contributed by atoms with E-state index in [1.54, 1.807) is 0 Å². The van der Waals surface area contributed by atoms with E-state index in [4.69, 9.17) is 4.74 Å². The number of carbonyl (C=O) groups excluding carboxylic acids is 1. The number of nitrogens with zero attached hydrogens (tertiary/aromatic N) is 3. The molecule has 2 aromatic rings. The van der Waals surface area contributed by atoms with Crippen molar-refractivity contribution in [2.75, 3.05) is 13.1 Å². The van der Waals surface area contributed by atoms with Gasteiger partial charge in [0.1, 0.15) is 11.9 Å². The lowest BCUT2D eigenvalue weighted by molar-refractivity contribution is 0.0526. The highest BCUT2D eigenvalue weighted by atomic mass is 79.9. The first-order valence-electron chi connectivity index (χ1n) is 8.05. The second-order valence-electron chi connectivity index (χ2n) is 6.01. The zero-order valence-electron chi connectivity index (χ0n) is 13.8. The predicted octanol–water partition coefficient (Wildman–Crippen LogP) is 3.54. The van der Waals surface area contributed by atoms with Gasteiger partial charge in [-0.3, -0.25) is 4.79 Å². The van der Waals surface area contributed by atoms with Crippen LogP contribution in [0, 0.1) is 13.8 Å². The third-order valence-corrected chi connectivity index (χ3v) is 4.69. The molecule has 1 aliphatic rings. The van der Waals surface area contributed by atoms with Crippen molar-refractivity contribution in [3.63, 3.8) is 0 Å². The summed E-state index contributed by atoms with van der Waals surface area (Å²) in [5.74, 6) is 1.31. The molecule has 0 bridgehead atoms. The summed E-state index contributed by atoms with van der Waals surface area (Å²) in [5.41, 5.74) is 1.57. The molecule has 1 amide bonds. The van der Waals surface area contributed by atoms with Crippen LogP contribution in [0.2, 0.25) is 0 Å². The molecule has 1 fully saturated rings. The summed E-state index contributed by atoms with van der Waals surface area (Å²) in [6.07, 6.45) is 1.80. The van der Waals surface area contributed by atoms with Crippen molar-refractivity contribution in [2.24, 2.45) is 0 Å². The molecule has 0 saturated carbocycles. The summed E-state index contributed by atoms with van der Waals surface area (Å²) in [6, 6.07) is 9.35. The van der Waals surface area contributed by atoms with Crippen molar-refractivity contribution >= 4 is 21.8 Å². The minimum Gasteiger partial charge on any atom is -0.472 e. The van der Waals surface area contributed by atoms with Crippen LogP contribution >= 0.6 is 15.9 Å². The van der Waals surface area contributed by atoms with Gasteiger partial charge in [-0.15, -0.1) is 0 Å². The molecule has 1 unspecified atom stereocenters. The minimum atomic E-state index is -0.0427. The van der Waals surface area contributed by atoms with Crippen LogP contribution < -0.4 is 4.74 Å². The molecule has 0 spiro atoms. The number of ether oxygens (including phenoxy) is 1. The molecule has 24 heavy (non-hydrogen) atoms. The number of rotatable bonds is 3. The summed E-state index contributed by atoms with van der Waals surface area (Å²) in [6.45, 7) is 5.10. The van der Waals surface area contributed by atoms with Crippen molar-refractivity contribution in [3.8, 4) is 5.88 Å². The maximum Gasteiger partial charge on any atom is 0.255 e. The van der Waals surface area contributed by atoms with E-state index in [2.05, 4.69) is 25.9 Å². The molecule has 1 aliphatic heterocycles. The van der Waals surface area contributed by atoms with Gasteiger partial charge in [0.15, 0.2) is 0 Å². The summed E-state index contributed by atoms with van der Waals surface area (Å²) in [5, 5.41) is 0. The molecule has 2 heterocycles. The largest absolute Gasteiger partial charge is 0.472 e. The molecule has 1 saturated heterocycles. The summed E-state index contributed by atoms with van der Waals surface area (Å²) in [7, 11) is 0.